The largest absolute Gasteiger partial charge is 0.389 e. The van der Waals surface area contributed by atoms with Gasteiger partial charge < -0.3 is 15.2 Å². The molecule has 0 aliphatic heterocycles. The first-order chi connectivity index (χ1) is 7.02. The standard InChI is InChI=1S/C10H22N2O3/c1-5-9(12(2)3)10(14)11-6-8(13)7-15-4/h8-9,13H,5-7H2,1-4H3,(H,11,14). The Bertz CT molecular complexity index is 186. The summed E-state index contributed by atoms with van der Waals surface area (Å²) in [4.78, 5) is 13.5. The molecule has 0 saturated heterocycles. The molecule has 5 heteroatoms. The number of aliphatic hydroxyl groups excluding tert-OH is 1. The van der Waals surface area contributed by atoms with Crippen molar-refractivity contribution in [3.8, 4) is 0 Å². The van der Waals surface area contributed by atoms with Crippen LogP contribution in [-0.2, 0) is 9.53 Å². The lowest BCUT2D eigenvalue weighted by Crippen LogP contribution is -2.45. The van der Waals surface area contributed by atoms with E-state index in [2.05, 4.69) is 5.32 Å². The minimum absolute atomic E-state index is 0.0577. The van der Waals surface area contributed by atoms with Gasteiger partial charge in [-0.05, 0) is 20.5 Å². The van der Waals surface area contributed by atoms with Crippen molar-refractivity contribution < 1.29 is 14.6 Å². The highest BCUT2D eigenvalue weighted by Gasteiger charge is 2.18. The molecule has 0 heterocycles. The minimum atomic E-state index is -0.640. The maximum Gasteiger partial charge on any atom is 0.237 e. The number of likely N-dealkylation sites (N-methyl/N-ethyl adjacent to an activating group) is 1. The maximum absolute atomic E-state index is 11.6. The van der Waals surface area contributed by atoms with Gasteiger partial charge in [-0.25, -0.2) is 0 Å². The van der Waals surface area contributed by atoms with Gasteiger partial charge in [-0.3, -0.25) is 9.69 Å². The second kappa shape index (κ2) is 7.62. The Balaban J connectivity index is 3.90. The molecule has 1 amide bonds. The molecule has 0 rings (SSSR count). The molecular weight excluding hydrogens is 196 g/mol. The normalized spacial score (nSPS) is 15.1. The van der Waals surface area contributed by atoms with Crippen molar-refractivity contribution in [1.82, 2.24) is 10.2 Å². The third-order valence-corrected chi connectivity index (χ3v) is 2.18. The van der Waals surface area contributed by atoms with Gasteiger partial charge in [0.2, 0.25) is 5.91 Å². The van der Waals surface area contributed by atoms with Crippen LogP contribution in [0.4, 0.5) is 0 Å². The number of hydrogen-bond acceptors (Lipinski definition) is 4. The smallest absolute Gasteiger partial charge is 0.237 e. The third kappa shape index (κ3) is 5.71. The molecule has 0 aromatic carbocycles. The quantitative estimate of drug-likeness (QED) is 0.602. The van der Waals surface area contributed by atoms with Crippen molar-refractivity contribution in [2.75, 3.05) is 34.4 Å². The van der Waals surface area contributed by atoms with E-state index < -0.39 is 6.10 Å². The van der Waals surface area contributed by atoms with Crippen molar-refractivity contribution in [2.45, 2.75) is 25.5 Å². The number of hydrogen-bond donors (Lipinski definition) is 2. The maximum atomic E-state index is 11.6. The highest BCUT2D eigenvalue weighted by molar-refractivity contribution is 5.81. The summed E-state index contributed by atoms with van der Waals surface area (Å²) in [6, 6.07) is -0.139. The lowest BCUT2D eigenvalue weighted by Gasteiger charge is -2.22. The summed E-state index contributed by atoms with van der Waals surface area (Å²) in [6.45, 7) is 2.42. The zero-order valence-corrected chi connectivity index (χ0v) is 9.99. The third-order valence-electron chi connectivity index (χ3n) is 2.18. The Morgan fingerprint density at radius 2 is 2.13 bits per heavy atom. The molecule has 0 fully saturated rings. The van der Waals surface area contributed by atoms with Crippen LogP contribution < -0.4 is 5.32 Å². The first-order valence-corrected chi connectivity index (χ1v) is 5.14. The predicted molar refractivity (Wildman–Crippen MR) is 58.7 cm³/mol. The minimum Gasteiger partial charge on any atom is -0.389 e. The molecule has 0 radical (unpaired) electrons. The lowest BCUT2D eigenvalue weighted by molar-refractivity contribution is -0.126. The van der Waals surface area contributed by atoms with E-state index in [1.54, 1.807) is 0 Å². The Kier molecular flexibility index (Phi) is 7.29. The van der Waals surface area contributed by atoms with Crippen LogP contribution in [0.3, 0.4) is 0 Å². The SMILES string of the molecule is CCC(C(=O)NCC(O)COC)N(C)C. The lowest BCUT2D eigenvalue weighted by atomic mass is 10.2. The van der Waals surface area contributed by atoms with Gasteiger partial charge in [0.05, 0.1) is 18.8 Å². The zero-order valence-electron chi connectivity index (χ0n) is 9.99. The van der Waals surface area contributed by atoms with Crippen LogP contribution in [0.15, 0.2) is 0 Å². The number of ether oxygens (including phenoxy) is 1. The average molecular weight is 218 g/mol. The summed E-state index contributed by atoms with van der Waals surface area (Å²) in [6.07, 6.45) is 0.109. The van der Waals surface area contributed by atoms with Crippen molar-refractivity contribution in [3.63, 3.8) is 0 Å². The summed E-state index contributed by atoms with van der Waals surface area (Å²) in [5.41, 5.74) is 0. The molecule has 0 saturated carbocycles. The summed E-state index contributed by atoms with van der Waals surface area (Å²) in [5.74, 6) is -0.0577. The molecule has 0 bridgehead atoms. The van der Waals surface area contributed by atoms with E-state index in [0.29, 0.717) is 0 Å². The van der Waals surface area contributed by atoms with Gasteiger partial charge in [0.25, 0.3) is 0 Å². The first-order valence-electron chi connectivity index (χ1n) is 5.14. The number of amides is 1. The van der Waals surface area contributed by atoms with Crippen molar-refractivity contribution in [1.29, 1.82) is 0 Å². The first kappa shape index (κ1) is 14.3. The number of nitrogens with zero attached hydrogens (tertiary/aromatic N) is 1. The van der Waals surface area contributed by atoms with Crippen LogP contribution in [0.2, 0.25) is 0 Å². The molecular formula is C10H22N2O3. The monoisotopic (exact) mass is 218 g/mol. The fraction of sp³-hybridized carbons (Fsp3) is 0.900. The van der Waals surface area contributed by atoms with Gasteiger partial charge in [-0.15, -0.1) is 0 Å². The van der Waals surface area contributed by atoms with Gasteiger partial charge in [0.15, 0.2) is 0 Å². The fourth-order valence-electron chi connectivity index (χ4n) is 1.37. The van der Waals surface area contributed by atoms with Crippen LogP contribution in [-0.4, -0.2) is 62.4 Å². The van der Waals surface area contributed by atoms with Crippen LogP contribution in [0.1, 0.15) is 13.3 Å². The molecule has 2 atom stereocenters. The summed E-state index contributed by atoms with van der Waals surface area (Å²) in [7, 11) is 5.23. The van der Waals surface area contributed by atoms with Gasteiger partial charge in [-0.1, -0.05) is 6.92 Å². The molecule has 2 N–H and O–H groups in total. The number of methoxy groups -OCH3 is 1. The summed E-state index contributed by atoms with van der Waals surface area (Å²) in [5, 5.41) is 12.0. The van der Waals surface area contributed by atoms with Crippen LogP contribution >= 0.6 is 0 Å². The van der Waals surface area contributed by atoms with E-state index in [9.17, 15) is 9.90 Å². The van der Waals surface area contributed by atoms with Crippen molar-refractivity contribution >= 4 is 5.91 Å². The molecule has 5 nitrogen and oxygen atoms in total. The molecule has 0 aliphatic rings. The molecule has 2 unspecified atom stereocenters. The van der Waals surface area contributed by atoms with E-state index in [0.717, 1.165) is 6.42 Å². The highest BCUT2D eigenvalue weighted by Crippen LogP contribution is 1.98. The van der Waals surface area contributed by atoms with Crippen LogP contribution in [0.25, 0.3) is 0 Å². The van der Waals surface area contributed by atoms with Gasteiger partial charge in [-0.2, -0.15) is 0 Å². The molecule has 0 aliphatic carbocycles. The van der Waals surface area contributed by atoms with E-state index in [1.165, 1.54) is 7.11 Å². The van der Waals surface area contributed by atoms with Crippen molar-refractivity contribution in [2.24, 2.45) is 0 Å². The Morgan fingerprint density at radius 1 is 1.53 bits per heavy atom. The summed E-state index contributed by atoms with van der Waals surface area (Å²) < 4.78 is 4.76. The number of rotatable bonds is 7. The zero-order chi connectivity index (χ0) is 11.8. The van der Waals surface area contributed by atoms with E-state index in [4.69, 9.17) is 4.74 Å². The van der Waals surface area contributed by atoms with E-state index in [-0.39, 0.29) is 25.1 Å². The Labute approximate surface area is 91.4 Å². The molecule has 15 heavy (non-hydrogen) atoms. The van der Waals surface area contributed by atoms with Crippen molar-refractivity contribution in [3.05, 3.63) is 0 Å². The predicted octanol–water partition coefficient (Wildman–Crippen LogP) is -0.550. The number of nitrogens with one attached hydrogen (secondary N) is 1. The van der Waals surface area contributed by atoms with Gasteiger partial charge in [0.1, 0.15) is 0 Å². The van der Waals surface area contributed by atoms with Gasteiger partial charge >= 0.3 is 0 Å². The molecule has 0 spiro atoms. The van der Waals surface area contributed by atoms with Gasteiger partial charge in [0, 0.05) is 13.7 Å². The van der Waals surface area contributed by atoms with Crippen LogP contribution in [0.5, 0.6) is 0 Å². The molecule has 0 aromatic heterocycles. The number of carbonyl (C=O) groups excluding carboxylic acids is 1. The topological polar surface area (TPSA) is 61.8 Å². The average Bonchev–Trinajstić information content (AvgIpc) is 2.15. The highest BCUT2D eigenvalue weighted by atomic mass is 16.5. The Morgan fingerprint density at radius 3 is 2.53 bits per heavy atom. The second-order valence-electron chi connectivity index (χ2n) is 3.74. The van der Waals surface area contributed by atoms with E-state index >= 15 is 0 Å². The summed E-state index contributed by atoms with van der Waals surface area (Å²) >= 11 is 0. The number of aliphatic hydroxyl groups is 1. The fourth-order valence-corrected chi connectivity index (χ4v) is 1.37. The van der Waals surface area contributed by atoms with E-state index in [1.807, 2.05) is 25.9 Å². The van der Waals surface area contributed by atoms with Crippen LogP contribution in [0, 0.1) is 0 Å². The molecule has 90 valence electrons. The second-order valence-corrected chi connectivity index (χ2v) is 3.74. The number of carbonyl (C=O) groups is 1. The molecule has 0 aromatic rings. The Hall–Kier alpha value is -0.650.